The molecule has 1 aromatic carbocycles. The molecule has 0 aliphatic heterocycles. The summed E-state index contributed by atoms with van der Waals surface area (Å²) < 4.78 is 27.3. The fourth-order valence-electron chi connectivity index (χ4n) is 4.06. The molecule has 1 heterocycles. The van der Waals surface area contributed by atoms with Gasteiger partial charge in [0.05, 0.1) is 5.56 Å². The summed E-state index contributed by atoms with van der Waals surface area (Å²) in [4.78, 5) is 12.5. The number of halogens is 2. The number of hydrogen-bond donors (Lipinski definition) is 1. The molecule has 2 bridgehead atoms. The van der Waals surface area contributed by atoms with E-state index in [9.17, 15) is 13.6 Å². The first kappa shape index (κ1) is 14.4. The molecule has 2 aliphatic rings. The highest BCUT2D eigenvalue weighted by Gasteiger charge is 2.38. The molecule has 1 fully saturated rings. The molecule has 4 rings (SSSR count). The zero-order chi connectivity index (χ0) is 16.1. The lowest BCUT2D eigenvalue weighted by molar-refractivity contribution is 0.101. The maximum Gasteiger partial charge on any atom is 0.282 e. The Morgan fingerprint density at radius 3 is 2.91 bits per heavy atom. The highest BCUT2D eigenvalue weighted by atomic mass is 19.3. The van der Waals surface area contributed by atoms with Crippen molar-refractivity contribution in [3.63, 3.8) is 0 Å². The Labute approximate surface area is 132 Å². The lowest BCUT2D eigenvalue weighted by atomic mass is 9.90. The summed E-state index contributed by atoms with van der Waals surface area (Å²) in [6.45, 7) is 0. The van der Waals surface area contributed by atoms with E-state index in [-0.39, 0.29) is 5.56 Å². The molecule has 6 heteroatoms. The van der Waals surface area contributed by atoms with Crippen molar-refractivity contribution in [1.82, 2.24) is 9.78 Å². The molecule has 2 aromatic rings. The average molecular weight is 317 g/mol. The summed E-state index contributed by atoms with van der Waals surface area (Å²) in [7, 11) is 1.53. The lowest BCUT2D eigenvalue weighted by Crippen LogP contribution is -2.15. The molecule has 1 amide bonds. The molecule has 1 N–H and O–H groups in total. The molecule has 0 spiro atoms. The number of hydrogen-bond acceptors (Lipinski definition) is 2. The van der Waals surface area contributed by atoms with Gasteiger partial charge in [0, 0.05) is 18.9 Å². The number of benzene rings is 1. The molecule has 1 aromatic heterocycles. The van der Waals surface area contributed by atoms with Gasteiger partial charge in [-0.2, -0.15) is 5.10 Å². The van der Waals surface area contributed by atoms with E-state index in [1.807, 2.05) is 12.1 Å². The van der Waals surface area contributed by atoms with Crippen LogP contribution >= 0.6 is 0 Å². The first-order chi connectivity index (χ1) is 11.0. The highest BCUT2D eigenvalue weighted by Crippen LogP contribution is 2.55. The second-order valence-corrected chi connectivity index (χ2v) is 6.37. The first-order valence-electron chi connectivity index (χ1n) is 7.80. The normalized spacial score (nSPS) is 21.7. The van der Waals surface area contributed by atoms with Gasteiger partial charge in [0.15, 0.2) is 0 Å². The molecule has 2 unspecified atom stereocenters. The smallest absolute Gasteiger partial charge is 0.282 e. The van der Waals surface area contributed by atoms with Crippen molar-refractivity contribution in [3.8, 4) is 0 Å². The number of anilines is 1. The topological polar surface area (TPSA) is 46.9 Å². The van der Waals surface area contributed by atoms with Gasteiger partial charge in [0.2, 0.25) is 0 Å². The minimum absolute atomic E-state index is 0.0664. The van der Waals surface area contributed by atoms with Crippen molar-refractivity contribution < 1.29 is 13.6 Å². The van der Waals surface area contributed by atoms with Crippen LogP contribution in [0.25, 0.3) is 0 Å². The number of nitrogens with zero attached hydrogens (tertiary/aromatic N) is 2. The molecular formula is C17H17F2N3O. The van der Waals surface area contributed by atoms with Crippen molar-refractivity contribution in [2.75, 3.05) is 5.32 Å². The van der Waals surface area contributed by atoms with Gasteiger partial charge in [-0.25, -0.2) is 8.78 Å². The molecule has 120 valence electrons. The molecule has 0 saturated heterocycles. The molecule has 0 radical (unpaired) electrons. The van der Waals surface area contributed by atoms with Crippen molar-refractivity contribution in [3.05, 3.63) is 46.8 Å². The Morgan fingerprint density at radius 1 is 1.35 bits per heavy atom. The number of aryl methyl sites for hydroxylation is 1. The molecule has 1 saturated carbocycles. The molecule has 23 heavy (non-hydrogen) atoms. The number of aromatic nitrogens is 2. The largest absolute Gasteiger partial charge is 0.322 e. The predicted molar refractivity (Wildman–Crippen MR) is 81.9 cm³/mol. The number of alkyl halides is 2. The monoisotopic (exact) mass is 317 g/mol. The van der Waals surface area contributed by atoms with Gasteiger partial charge in [-0.1, -0.05) is 12.1 Å². The quantitative estimate of drug-likeness (QED) is 0.931. The van der Waals surface area contributed by atoms with E-state index in [0.717, 1.165) is 18.5 Å². The number of nitrogens with one attached hydrogen (secondary N) is 1. The SMILES string of the molecule is Cn1cc(C(=O)Nc2cccc3c2C2CCC3C2)c(C(F)F)n1. The van der Waals surface area contributed by atoms with Gasteiger partial charge >= 0.3 is 0 Å². The van der Waals surface area contributed by atoms with Crippen molar-refractivity contribution in [2.45, 2.75) is 37.5 Å². The van der Waals surface area contributed by atoms with E-state index < -0.39 is 18.0 Å². The van der Waals surface area contributed by atoms with Crippen LogP contribution in [0.5, 0.6) is 0 Å². The summed E-state index contributed by atoms with van der Waals surface area (Å²) in [6, 6.07) is 5.89. The van der Waals surface area contributed by atoms with Crippen molar-refractivity contribution in [1.29, 1.82) is 0 Å². The Kier molecular flexibility index (Phi) is 3.21. The average Bonchev–Trinajstić information content (AvgIpc) is 3.21. The first-order valence-corrected chi connectivity index (χ1v) is 7.80. The zero-order valence-corrected chi connectivity index (χ0v) is 12.7. The van der Waals surface area contributed by atoms with Gasteiger partial charge < -0.3 is 5.32 Å². The third-order valence-electron chi connectivity index (χ3n) is 4.98. The van der Waals surface area contributed by atoms with Crippen LogP contribution in [0.1, 0.15) is 64.7 Å². The van der Waals surface area contributed by atoms with Gasteiger partial charge in [0.1, 0.15) is 5.69 Å². The fraction of sp³-hybridized carbons (Fsp3) is 0.412. The van der Waals surface area contributed by atoms with Crippen LogP contribution < -0.4 is 5.32 Å². The maximum absolute atomic E-state index is 13.0. The van der Waals surface area contributed by atoms with Crippen LogP contribution in [0, 0.1) is 0 Å². The Morgan fingerprint density at radius 2 is 2.13 bits per heavy atom. The highest BCUT2D eigenvalue weighted by molar-refractivity contribution is 6.05. The fourth-order valence-corrected chi connectivity index (χ4v) is 4.06. The number of fused-ring (bicyclic) bond motifs is 5. The van der Waals surface area contributed by atoms with Gasteiger partial charge in [-0.15, -0.1) is 0 Å². The number of carbonyl (C=O) groups excluding carboxylic acids is 1. The molecule has 2 aliphatic carbocycles. The summed E-state index contributed by atoms with van der Waals surface area (Å²) in [5.74, 6) is 0.543. The number of carbonyl (C=O) groups is 1. The van der Waals surface area contributed by atoms with Crippen LogP contribution in [-0.2, 0) is 7.05 Å². The minimum Gasteiger partial charge on any atom is -0.322 e. The van der Waals surface area contributed by atoms with Crippen LogP contribution in [0.4, 0.5) is 14.5 Å². The van der Waals surface area contributed by atoms with E-state index in [1.165, 1.54) is 35.5 Å². The van der Waals surface area contributed by atoms with Crippen LogP contribution in [0.2, 0.25) is 0 Å². The predicted octanol–water partition coefficient (Wildman–Crippen LogP) is 3.97. The summed E-state index contributed by atoms with van der Waals surface area (Å²) in [6.07, 6.45) is 2.05. The van der Waals surface area contributed by atoms with E-state index in [4.69, 9.17) is 0 Å². The molecule has 2 atom stereocenters. The van der Waals surface area contributed by atoms with E-state index in [1.54, 1.807) is 0 Å². The van der Waals surface area contributed by atoms with Crippen LogP contribution in [0.3, 0.4) is 0 Å². The maximum atomic E-state index is 13.0. The molecular weight excluding hydrogens is 300 g/mol. The van der Waals surface area contributed by atoms with Crippen molar-refractivity contribution in [2.24, 2.45) is 7.05 Å². The van der Waals surface area contributed by atoms with Crippen LogP contribution in [-0.4, -0.2) is 15.7 Å². The van der Waals surface area contributed by atoms with Gasteiger partial charge in [-0.05, 0) is 48.3 Å². The van der Waals surface area contributed by atoms with E-state index >= 15 is 0 Å². The Bertz CT molecular complexity index is 784. The third-order valence-corrected chi connectivity index (χ3v) is 4.98. The summed E-state index contributed by atoms with van der Waals surface area (Å²) in [5.41, 5.74) is 2.71. The molecule has 4 nitrogen and oxygen atoms in total. The van der Waals surface area contributed by atoms with E-state index in [0.29, 0.717) is 11.8 Å². The van der Waals surface area contributed by atoms with Gasteiger partial charge in [-0.3, -0.25) is 9.48 Å². The van der Waals surface area contributed by atoms with E-state index in [2.05, 4.69) is 16.5 Å². The summed E-state index contributed by atoms with van der Waals surface area (Å²) >= 11 is 0. The Hall–Kier alpha value is -2.24. The third kappa shape index (κ3) is 2.24. The second-order valence-electron chi connectivity index (χ2n) is 6.37. The standard InChI is InChI=1S/C17H17F2N3O/c1-22-8-12(15(21-22)16(18)19)17(23)20-13-4-2-3-11-9-5-6-10(7-9)14(11)13/h2-4,8-10,16H,5-7H2,1H3,(H,20,23). The number of amides is 1. The minimum atomic E-state index is -2.77. The van der Waals surface area contributed by atoms with Crippen LogP contribution in [0.15, 0.2) is 24.4 Å². The number of rotatable bonds is 3. The van der Waals surface area contributed by atoms with Gasteiger partial charge in [0.25, 0.3) is 12.3 Å². The van der Waals surface area contributed by atoms with Crippen molar-refractivity contribution >= 4 is 11.6 Å². The Balaban J connectivity index is 1.66. The second kappa shape index (κ2) is 5.15. The zero-order valence-electron chi connectivity index (χ0n) is 12.7. The summed E-state index contributed by atoms with van der Waals surface area (Å²) in [5, 5.41) is 6.52. The lowest BCUT2D eigenvalue weighted by Gasteiger charge is -2.19.